The highest BCUT2D eigenvalue weighted by Crippen LogP contribution is 2.43. The molecule has 0 radical (unpaired) electrons. The summed E-state index contributed by atoms with van der Waals surface area (Å²) in [5.74, 6) is 0.868. The van der Waals surface area contributed by atoms with Crippen molar-refractivity contribution in [2.24, 2.45) is 0 Å². The van der Waals surface area contributed by atoms with Gasteiger partial charge in [0.05, 0.1) is 17.1 Å². The maximum Gasteiger partial charge on any atom is 0.140 e. The summed E-state index contributed by atoms with van der Waals surface area (Å²) >= 11 is 6.43. The summed E-state index contributed by atoms with van der Waals surface area (Å²) in [5, 5.41) is 12.0. The highest BCUT2D eigenvalue weighted by atomic mass is 35.5. The largest absolute Gasteiger partial charge is 0.383 e. The fraction of sp³-hybridized carbons (Fsp3) is 0.250. The first-order chi connectivity index (χ1) is 13.0. The number of benzene rings is 1. The molecule has 0 atom stereocenters. The number of halogens is 1. The lowest BCUT2D eigenvalue weighted by Crippen LogP contribution is -2.30. The molecule has 0 bridgehead atoms. The first-order valence-electron chi connectivity index (χ1n) is 8.85. The van der Waals surface area contributed by atoms with Crippen molar-refractivity contribution in [1.82, 2.24) is 14.9 Å². The molecule has 0 spiro atoms. The average molecular weight is 381 g/mol. The molecular weight excluding hydrogens is 360 g/mol. The van der Waals surface area contributed by atoms with Crippen LogP contribution in [0.3, 0.4) is 0 Å². The summed E-state index contributed by atoms with van der Waals surface area (Å²) in [4.78, 5) is 10.5. The van der Waals surface area contributed by atoms with Gasteiger partial charge in [0, 0.05) is 28.7 Å². The van der Waals surface area contributed by atoms with E-state index < -0.39 is 0 Å². The second-order valence-corrected chi connectivity index (χ2v) is 7.26. The minimum Gasteiger partial charge on any atom is -0.383 e. The summed E-state index contributed by atoms with van der Waals surface area (Å²) < 4.78 is 0. The summed E-state index contributed by atoms with van der Waals surface area (Å²) in [6, 6.07) is 6.35. The van der Waals surface area contributed by atoms with E-state index in [0.717, 1.165) is 40.4 Å². The normalized spacial score (nSPS) is 16.0. The van der Waals surface area contributed by atoms with Crippen LogP contribution in [0.1, 0.15) is 36.5 Å². The Bertz CT molecular complexity index is 976. The van der Waals surface area contributed by atoms with Crippen LogP contribution in [-0.2, 0) is 0 Å². The van der Waals surface area contributed by atoms with Crippen LogP contribution in [0.25, 0.3) is 11.8 Å². The van der Waals surface area contributed by atoms with E-state index in [9.17, 15) is 0 Å². The Labute approximate surface area is 163 Å². The van der Waals surface area contributed by atoms with Gasteiger partial charge in [0.2, 0.25) is 0 Å². The van der Waals surface area contributed by atoms with Crippen molar-refractivity contribution in [2.75, 3.05) is 17.6 Å². The van der Waals surface area contributed by atoms with Gasteiger partial charge in [0.1, 0.15) is 18.0 Å². The molecule has 27 heavy (non-hydrogen) atoms. The average Bonchev–Trinajstić information content (AvgIpc) is 3.44. The Morgan fingerprint density at radius 2 is 2.19 bits per heavy atom. The zero-order valence-electron chi connectivity index (χ0n) is 15.1. The van der Waals surface area contributed by atoms with Gasteiger partial charge >= 0.3 is 0 Å². The molecule has 1 aromatic heterocycles. The predicted molar refractivity (Wildman–Crippen MR) is 111 cm³/mol. The van der Waals surface area contributed by atoms with E-state index in [4.69, 9.17) is 22.7 Å². The molecule has 4 rings (SSSR count). The Kier molecular flexibility index (Phi) is 4.36. The minimum absolute atomic E-state index is 0.304. The van der Waals surface area contributed by atoms with Gasteiger partial charge in [0.15, 0.2) is 0 Å². The smallest absolute Gasteiger partial charge is 0.140 e. The second-order valence-electron chi connectivity index (χ2n) is 6.85. The fourth-order valence-corrected chi connectivity index (χ4v) is 3.80. The topological polar surface area (TPSA) is 90.9 Å². The van der Waals surface area contributed by atoms with Crippen LogP contribution in [0.2, 0.25) is 5.02 Å². The second kappa shape index (κ2) is 6.70. The highest BCUT2D eigenvalue weighted by molar-refractivity contribution is 6.32. The van der Waals surface area contributed by atoms with Crippen LogP contribution in [0, 0.1) is 5.41 Å². The molecule has 1 aromatic carbocycles. The Balaban J connectivity index is 1.68. The molecule has 2 heterocycles. The van der Waals surface area contributed by atoms with Gasteiger partial charge in [-0.2, -0.15) is 0 Å². The molecule has 1 fully saturated rings. The number of nitrogens with zero attached hydrogens (tertiary/aromatic N) is 3. The third kappa shape index (κ3) is 3.17. The van der Waals surface area contributed by atoms with Crippen LogP contribution in [0.15, 0.2) is 36.8 Å². The van der Waals surface area contributed by atoms with Crippen LogP contribution < -0.4 is 11.1 Å². The van der Waals surface area contributed by atoms with Crippen molar-refractivity contribution >= 4 is 40.7 Å². The van der Waals surface area contributed by atoms with Crippen molar-refractivity contribution in [3.63, 3.8) is 0 Å². The molecule has 1 saturated carbocycles. The summed E-state index contributed by atoms with van der Waals surface area (Å²) in [7, 11) is 0. The van der Waals surface area contributed by atoms with Crippen molar-refractivity contribution < 1.29 is 0 Å². The lowest BCUT2D eigenvalue weighted by Gasteiger charge is -2.34. The Hall–Kier alpha value is -2.86. The monoisotopic (exact) mass is 380 g/mol. The maximum absolute atomic E-state index is 7.96. The van der Waals surface area contributed by atoms with Crippen LogP contribution >= 0.6 is 11.6 Å². The first kappa shape index (κ1) is 17.5. The molecule has 0 amide bonds. The molecule has 6 nitrogen and oxygen atoms in total. The van der Waals surface area contributed by atoms with Crippen molar-refractivity contribution in [3.05, 3.63) is 58.5 Å². The van der Waals surface area contributed by atoms with Crippen LogP contribution in [-0.4, -0.2) is 33.2 Å². The van der Waals surface area contributed by atoms with Crippen LogP contribution in [0.4, 0.5) is 11.6 Å². The molecule has 7 heteroatoms. The minimum atomic E-state index is 0.304. The lowest BCUT2D eigenvalue weighted by molar-refractivity contribution is 0.475. The predicted octanol–water partition coefficient (Wildman–Crippen LogP) is 4.00. The number of anilines is 2. The number of fused-ring (bicyclic) bond motifs is 1. The summed E-state index contributed by atoms with van der Waals surface area (Å²) in [6.45, 7) is 6.53. The van der Waals surface area contributed by atoms with E-state index >= 15 is 0 Å². The Morgan fingerprint density at radius 1 is 1.41 bits per heavy atom. The van der Waals surface area contributed by atoms with E-state index in [1.54, 1.807) is 6.92 Å². The molecule has 4 N–H and O–H groups in total. The zero-order valence-corrected chi connectivity index (χ0v) is 15.8. The molecule has 2 aromatic rings. The SMILES string of the molecule is C=C1c2c(Cl)cccc2C=C(CNc2ncnc(N)c2C(C)=N)N1C1CC1. The van der Waals surface area contributed by atoms with Gasteiger partial charge in [-0.1, -0.05) is 30.3 Å². The molecular formula is C20H21ClN6. The quantitative estimate of drug-likeness (QED) is 0.682. The molecule has 0 unspecified atom stereocenters. The molecule has 138 valence electrons. The van der Waals surface area contributed by atoms with E-state index in [0.29, 0.717) is 35.5 Å². The third-order valence-electron chi connectivity index (χ3n) is 4.86. The van der Waals surface area contributed by atoms with E-state index in [1.807, 2.05) is 18.2 Å². The van der Waals surface area contributed by atoms with Gasteiger partial charge < -0.3 is 21.4 Å². The van der Waals surface area contributed by atoms with Crippen molar-refractivity contribution in [3.8, 4) is 0 Å². The number of hydrogen-bond acceptors (Lipinski definition) is 6. The number of nitrogens with two attached hydrogens (primary N) is 1. The van der Waals surface area contributed by atoms with Gasteiger partial charge in [-0.15, -0.1) is 0 Å². The number of aromatic nitrogens is 2. The molecule has 1 aliphatic carbocycles. The van der Waals surface area contributed by atoms with E-state index in [1.165, 1.54) is 6.33 Å². The van der Waals surface area contributed by atoms with Gasteiger partial charge in [-0.25, -0.2) is 9.97 Å². The number of nitrogen functional groups attached to an aromatic ring is 1. The van der Waals surface area contributed by atoms with E-state index in [2.05, 4.69) is 32.8 Å². The third-order valence-corrected chi connectivity index (χ3v) is 5.17. The Morgan fingerprint density at radius 3 is 2.89 bits per heavy atom. The van der Waals surface area contributed by atoms with Gasteiger partial charge in [0.25, 0.3) is 0 Å². The number of rotatable bonds is 5. The maximum atomic E-state index is 7.96. The number of nitrogens with one attached hydrogen (secondary N) is 2. The van der Waals surface area contributed by atoms with Crippen LogP contribution in [0.5, 0.6) is 0 Å². The molecule has 0 saturated heterocycles. The highest BCUT2D eigenvalue weighted by Gasteiger charge is 2.35. The van der Waals surface area contributed by atoms with Gasteiger partial charge in [-0.05, 0) is 37.5 Å². The first-order valence-corrected chi connectivity index (χ1v) is 9.22. The van der Waals surface area contributed by atoms with Crippen molar-refractivity contribution in [2.45, 2.75) is 25.8 Å². The molecule has 1 aliphatic heterocycles. The van der Waals surface area contributed by atoms with Gasteiger partial charge in [-0.3, -0.25) is 0 Å². The summed E-state index contributed by atoms with van der Waals surface area (Å²) in [5.41, 5.74) is 10.9. The number of hydrogen-bond donors (Lipinski definition) is 3. The lowest BCUT2D eigenvalue weighted by atomic mass is 9.98. The van der Waals surface area contributed by atoms with E-state index in [-0.39, 0.29) is 0 Å². The standard InChI is InChI=1S/C20H21ClN6/c1-11(22)17-19(23)25-10-26-20(17)24-9-15-8-13-4-3-5-16(21)18(13)12(2)27(15)14-6-7-14/h3-5,8,10,14,22H,2,6-7,9H2,1H3,(H3,23,24,25,26). The zero-order chi connectivity index (χ0) is 19.1. The molecule has 2 aliphatic rings. The fourth-order valence-electron chi connectivity index (χ4n) is 3.51. The summed E-state index contributed by atoms with van der Waals surface area (Å²) in [6.07, 6.45) is 5.83. The van der Waals surface area contributed by atoms with Crippen molar-refractivity contribution in [1.29, 1.82) is 5.41 Å².